The Morgan fingerprint density at radius 3 is 2.75 bits per heavy atom. The van der Waals surface area contributed by atoms with Crippen molar-refractivity contribution in [2.75, 3.05) is 26.2 Å². The van der Waals surface area contributed by atoms with E-state index in [4.69, 9.17) is 4.74 Å². The molecule has 0 saturated carbocycles. The zero-order valence-electron chi connectivity index (χ0n) is 12.0. The summed E-state index contributed by atoms with van der Waals surface area (Å²) in [4.78, 5) is 14.5. The van der Waals surface area contributed by atoms with E-state index in [0.29, 0.717) is 12.0 Å². The lowest BCUT2D eigenvalue weighted by Crippen LogP contribution is -2.57. The maximum absolute atomic E-state index is 12.0. The third kappa shape index (κ3) is 2.96. The molecule has 3 saturated heterocycles. The van der Waals surface area contributed by atoms with Gasteiger partial charge >= 0.3 is 0 Å². The summed E-state index contributed by atoms with van der Waals surface area (Å²) in [5.74, 6) is 1.44. The van der Waals surface area contributed by atoms with Crippen LogP contribution in [0, 0.1) is 12.8 Å². The van der Waals surface area contributed by atoms with Gasteiger partial charge in [-0.3, -0.25) is 4.79 Å². The fraction of sp³-hybridized carbons (Fsp3) is 0.562. The molecule has 4 heteroatoms. The van der Waals surface area contributed by atoms with Crippen molar-refractivity contribution in [1.29, 1.82) is 0 Å². The fourth-order valence-electron chi connectivity index (χ4n) is 3.24. The predicted octanol–water partition coefficient (Wildman–Crippen LogP) is 1.58. The molecule has 1 aromatic rings. The van der Waals surface area contributed by atoms with Crippen LogP contribution in [0.1, 0.15) is 18.4 Å². The number of benzene rings is 1. The number of piperidine rings is 3. The minimum Gasteiger partial charge on any atom is -0.484 e. The van der Waals surface area contributed by atoms with Gasteiger partial charge in [-0.1, -0.05) is 18.2 Å². The fourth-order valence-corrected chi connectivity index (χ4v) is 3.24. The summed E-state index contributed by atoms with van der Waals surface area (Å²) in [6, 6.07) is 8.09. The molecule has 3 fully saturated rings. The SMILES string of the molecule is Cc1ccccc1OCC(=O)NC1CN2CCC1CC2. The molecule has 4 nitrogen and oxygen atoms in total. The molecule has 2 bridgehead atoms. The van der Waals surface area contributed by atoms with Crippen LogP contribution in [0.5, 0.6) is 5.75 Å². The van der Waals surface area contributed by atoms with Crippen molar-refractivity contribution in [2.24, 2.45) is 5.92 Å². The van der Waals surface area contributed by atoms with E-state index in [1.54, 1.807) is 0 Å². The lowest BCUT2D eigenvalue weighted by atomic mass is 9.84. The average Bonchev–Trinajstić information content (AvgIpc) is 2.48. The van der Waals surface area contributed by atoms with Crippen LogP contribution in [-0.4, -0.2) is 43.1 Å². The van der Waals surface area contributed by atoms with Gasteiger partial charge in [-0.05, 0) is 50.4 Å². The van der Waals surface area contributed by atoms with Gasteiger partial charge in [0.1, 0.15) is 5.75 Å². The highest BCUT2D eigenvalue weighted by molar-refractivity contribution is 5.78. The Balaban J connectivity index is 1.49. The number of amides is 1. The normalized spacial score (nSPS) is 28.1. The van der Waals surface area contributed by atoms with Crippen LogP contribution < -0.4 is 10.1 Å². The molecule has 1 unspecified atom stereocenters. The molecule has 1 amide bonds. The standard InChI is InChI=1S/C16H22N2O2/c1-12-4-2-3-5-15(12)20-11-16(19)17-14-10-18-8-6-13(14)7-9-18/h2-5,13-14H,6-11H2,1H3,(H,17,19). The van der Waals surface area contributed by atoms with Crippen molar-refractivity contribution >= 4 is 5.91 Å². The first-order valence-electron chi connectivity index (χ1n) is 7.42. The maximum atomic E-state index is 12.0. The Morgan fingerprint density at radius 1 is 1.35 bits per heavy atom. The molecule has 20 heavy (non-hydrogen) atoms. The largest absolute Gasteiger partial charge is 0.484 e. The molecule has 1 atom stereocenters. The minimum atomic E-state index is -0.00740. The van der Waals surface area contributed by atoms with Crippen LogP contribution in [0.2, 0.25) is 0 Å². The third-order valence-electron chi connectivity index (χ3n) is 4.45. The van der Waals surface area contributed by atoms with E-state index < -0.39 is 0 Å². The van der Waals surface area contributed by atoms with E-state index >= 15 is 0 Å². The van der Waals surface area contributed by atoms with Crippen molar-refractivity contribution in [3.8, 4) is 5.75 Å². The Hall–Kier alpha value is -1.55. The molecule has 0 radical (unpaired) electrons. The highest BCUT2D eigenvalue weighted by Crippen LogP contribution is 2.27. The smallest absolute Gasteiger partial charge is 0.258 e. The van der Waals surface area contributed by atoms with E-state index in [1.807, 2.05) is 31.2 Å². The quantitative estimate of drug-likeness (QED) is 0.906. The first-order valence-corrected chi connectivity index (χ1v) is 7.42. The number of fused-ring (bicyclic) bond motifs is 3. The molecule has 1 N–H and O–H groups in total. The Labute approximate surface area is 120 Å². The Kier molecular flexibility index (Phi) is 3.92. The zero-order valence-corrected chi connectivity index (χ0v) is 12.0. The number of para-hydroxylation sites is 1. The summed E-state index contributed by atoms with van der Waals surface area (Å²) in [6.07, 6.45) is 2.42. The summed E-state index contributed by atoms with van der Waals surface area (Å²) in [7, 11) is 0. The summed E-state index contributed by atoms with van der Waals surface area (Å²) in [6.45, 7) is 5.48. The van der Waals surface area contributed by atoms with E-state index in [-0.39, 0.29) is 12.5 Å². The summed E-state index contributed by atoms with van der Waals surface area (Å²) in [5.41, 5.74) is 1.06. The van der Waals surface area contributed by atoms with Crippen LogP contribution in [0.25, 0.3) is 0 Å². The first-order chi connectivity index (χ1) is 9.72. The summed E-state index contributed by atoms with van der Waals surface area (Å²) < 4.78 is 5.59. The van der Waals surface area contributed by atoms with Crippen LogP contribution >= 0.6 is 0 Å². The number of rotatable bonds is 4. The van der Waals surface area contributed by atoms with E-state index in [1.165, 1.54) is 25.9 Å². The minimum absolute atomic E-state index is 0.00740. The molecule has 0 aromatic heterocycles. The monoisotopic (exact) mass is 274 g/mol. The van der Waals surface area contributed by atoms with E-state index in [9.17, 15) is 4.79 Å². The molecular formula is C16H22N2O2. The van der Waals surface area contributed by atoms with E-state index in [0.717, 1.165) is 17.9 Å². The molecule has 1 aromatic carbocycles. The topological polar surface area (TPSA) is 41.6 Å². The van der Waals surface area contributed by atoms with Gasteiger partial charge in [0.2, 0.25) is 0 Å². The second-order valence-electron chi connectivity index (χ2n) is 5.87. The number of hydrogen-bond acceptors (Lipinski definition) is 3. The van der Waals surface area contributed by atoms with Crippen LogP contribution in [0.15, 0.2) is 24.3 Å². The molecule has 4 rings (SSSR count). The average molecular weight is 274 g/mol. The van der Waals surface area contributed by atoms with Gasteiger partial charge in [0.05, 0.1) is 0 Å². The first kappa shape index (κ1) is 13.4. The second-order valence-corrected chi connectivity index (χ2v) is 5.87. The molecule has 0 spiro atoms. The van der Waals surface area contributed by atoms with Crippen molar-refractivity contribution in [2.45, 2.75) is 25.8 Å². The number of carbonyl (C=O) groups is 1. The number of aryl methyl sites for hydroxylation is 1. The number of hydrogen-bond donors (Lipinski definition) is 1. The molecule has 108 valence electrons. The van der Waals surface area contributed by atoms with Gasteiger partial charge in [0.25, 0.3) is 5.91 Å². The number of ether oxygens (including phenoxy) is 1. The van der Waals surface area contributed by atoms with Crippen molar-refractivity contribution in [3.05, 3.63) is 29.8 Å². The highest BCUT2D eigenvalue weighted by Gasteiger charge is 2.34. The second kappa shape index (κ2) is 5.83. The zero-order chi connectivity index (χ0) is 13.9. The number of carbonyl (C=O) groups excluding carboxylic acids is 1. The van der Waals surface area contributed by atoms with Crippen LogP contribution in [0.3, 0.4) is 0 Å². The Morgan fingerprint density at radius 2 is 2.10 bits per heavy atom. The molecular weight excluding hydrogens is 252 g/mol. The van der Waals surface area contributed by atoms with Gasteiger partial charge < -0.3 is 15.0 Å². The third-order valence-corrected chi connectivity index (χ3v) is 4.45. The van der Waals surface area contributed by atoms with E-state index in [2.05, 4.69) is 10.2 Å². The van der Waals surface area contributed by atoms with Gasteiger partial charge in [-0.2, -0.15) is 0 Å². The van der Waals surface area contributed by atoms with Gasteiger partial charge in [0.15, 0.2) is 6.61 Å². The Bertz CT molecular complexity index is 481. The molecule has 0 aliphatic carbocycles. The van der Waals surface area contributed by atoms with Gasteiger partial charge in [-0.15, -0.1) is 0 Å². The van der Waals surface area contributed by atoms with Crippen LogP contribution in [-0.2, 0) is 4.79 Å². The molecule has 3 heterocycles. The highest BCUT2D eigenvalue weighted by atomic mass is 16.5. The van der Waals surface area contributed by atoms with Crippen molar-refractivity contribution in [1.82, 2.24) is 10.2 Å². The van der Waals surface area contributed by atoms with Crippen LogP contribution in [0.4, 0.5) is 0 Å². The summed E-state index contributed by atoms with van der Waals surface area (Å²) in [5, 5.41) is 3.13. The van der Waals surface area contributed by atoms with Crippen molar-refractivity contribution < 1.29 is 9.53 Å². The van der Waals surface area contributed by atoms with Crippen molar-refractivity contribution in [3.63, 3.8) is 0 Å². The lowest BCUT2D eigenvalue weighted by Gasteiger charge is -2.44. The van der Waals surface area contributed by atoms with Gasteiger partial charge in [0, 0.05) is 12.6 Å². The maximum Gasteiger partial charge on any atom is 0.258 e. The predicted molar refractivity (Wildman–Crippen MR) is 77.8 cm³/mol. The summed E-state index contributed by atoms with van der Waals surface area (Å²) >= 11 is 0. The lowest BCUT2D eigenvalue weighted by molar-refractivity contribution is -0.125. The molecule has 3 aliphatic heterocycles. The van der Waals surface area contributed by atoms with Gasteiger partial charge in [-0.25, -0.2) is 0 Å². The number of nitrogens with zero attached hydrogens (tertiary/aromatic N) is 1. The number of nitrogens with one attached hydrogen (secondary N) is 1. The molecule has 3 aliphatic rings.